The molecule has 152 valence electrons. The van der Waals surface area contributed by atoms with Crippen molar-refractivity contribution in [3.05, 3.63) is 48.6 Å². The Morgan fingerprint density at radius 3 is 2.46 bits per heavy atom. The zero-order chi connectivity index (χ0) is 20.5. The quantitative estimate of drug-likeness (QED) is 0.370. The number of hydrogen-bond acceptors (Lipinski definition) is 5. The third-order valence-corrected chi connectivity index (χ3v) is 5.15. The monoisotopic (exact) mass is 387 g/mol. The van der Waals surface area contributed by atoms with Gasteiger partial charge in [0.25, 0.3) is 0 Å². The van der Waals surface area contributed by atoms with Gasteiger partial charge in [0.2, 0.25) is 5.91 Å². The average Bonchev–Trinajstić information content (AvgIpc) is 3.14. The maximum absolute atomic E-state index is 12.9. The van der Waals surface area contributed by atoms with E-state index in [2.05, 4.69) is 6.58 Å². The summed E-state index contributed by atoms with van der Waals surface area (Å²) in [7, 11) is 3.06. The van der Waals surface area contributed by atoms with E-state index in [-0.39, 0.29) is 5.91 Å². The summed E-state index contributed by atoms with van der Waals surface area (Å²) in [6, 6.07) is 8.69. The number of carbonyl (C=O) groups is 3. The van der Waals surface area contributed by atoms with Gasteiger partial charge >= 0.3 is 11.9 Å². The molecule has 6 heteroatoms. The molecule has 0 aromatic heterocycles. The smallest absolute Gasteiger partial charge is 0.338 e. The minimum atomic E-state index is -0.596. The highest BCUT2D eigenvalue weighted by atomic mass is 16.5. The third kappa shape index (κ3) is 5.68. The van der Waals surface area contributed by atoms with Crippen molar-refractivity contribution in [3.63, 3.8) is 0 Å². The molecule has 1 aliphatic carbocycles. The van der Waals surface area contributed by atoms with Crippen LogP contribution in [0.1, 0.15) is 42.5 Å². The molecule has 1 fully saturated rings. The molecular weight excluding hydrogens is 358 g/mol. The number of hydrogen-bond donors (Lipinski definition) is 0. The van der Waals surface area contributed by atoms with Gasteiger partial charge in [-0.1, -0.05) is 24.3 Å². The van der Waals surface area contributed by atoms with Crippen LogP contribution in [0, 0.1) is 11.8 Å². The molecule has 0 heterocycles. The summed E-state index contributed by atoms with van der Waals surface area (Å²) < 4.78 is 10.5. The molecule has 0 saturated heterocycles. The van der Waals surface area contributed by atoms with Crippen LogP contribution in [0.3, 0.4) is 0 Å². The SMILES string of the molecule is C=CCCCCN(C)C(=O)[C@@H]1C[C@@H](OC(=O)c2ccccc2)CC1C(=O)OC. The van der Waals surface area contributed by atoms with Crippen LogP contribution in [-0.2, 0) is 19.1 Å². The fraction of sp³-hybridized carbons (Fsp3) is 0.500. The largest absolute Gasteiger partial charge is 0.469 e. The van der Waals surface area contributed by atoms with E-state index >= 15 is 0 Å². The summed E-state index contributed by atoms with van der Waals surface area (Å²) in [6.07, 6.45) is 4.74. The molecule has 28 heavy (non-hydrogen) atoms. The second-order valence-electron chi connectivity index (χ2n) is 7.15. The summed E-state index contributed by atoms with van der Waals surface area (Å²) in [6.45, 7) is 4.31. The summed E-state index contributed by atoms with van der Waals surface area (Å²) in [5, 5.41) is 0. The molecule has 2 rings (SSSR count). The number of unbranched alkanes of at least 4 members (excludes halogenated alkanes) is 2. The van der Waals surface area contributed by atoms with Crippen LogP contribution in [0.4, 0.5) is 0 Å². The lowest BCUT2D eigenvalue weighted by Gasteiger charge is -2.23. The van der Waals surface area contributed by atoms with E-state index in [0.29, 0.717) is 24.9 Å². The van der Waals surface area contributed by atoms with Crippen LogP contribution in [0.25, 0.3) is 0 Å². The first-order valence-electron chi connectivity index (χ1n) is 9.67. The number of methoxy groups -OCH3 is 1. The van der Waals surface area contributed by atoms with E-state index in [9.17, 15) is 14.4 Å². The van der Waals surface area contributed by atoms with Gasteiger partial charge in [-0.05, 0) is 44.2 Å². The van der Waals surface area contributed by atoms with Crippen molar-refractivity contribution in [1.29, 1.82) is 0 Å². The molecule has 0 aliphatic heterocycles. The minimum absolute atomic E-state index is 0.104. The highest BCUT2D eigenvalue weighted by Crippen LogP contribution is 2.36. The molecule has 1 unspecified atom stereocenters. The maximum atomic E-state index is 12.9. The van der Waals surface area contributed by atoms with Crippen molar-refractivity contribution < 1.29 is 23.9 Å². The van der Waals surface area contributed by atoms with E-state index < -0.39 is 29.9 Å². The van der Waals surface area contributed by atoms with Crippen LogP contribution in [-0.4, -0.2) is 49.6 Å². The van der Waals surface area contributed by atoms with E-state index in [4.69, 9.17) is 9.47 Å². The molecular formula is C22H29NO5. The summed E-state index contributed by atoms with van der Waals surface area (Å²) in [4.78, 5) is 39.1. The first-order chi connectivity index (χ1) is 13.5. The zero-order valence-corrected chi connectivity index (χ0v) is 16.6. The fourth-order valence-electron chi connectivity index (χ4n) is 3.60. The first-order valence-corrected chi connectivity index (χ1v) is 9.67. The molecule has 0 bridgehead atoms. The highest BCUT2D eigenvalue weighted by molar-refractivity contribution is 5.90. The third-order valence-electron chi connectivity index (χ3n) is 5.15. The number of ether oxygens (including phenoxy) is 2. The Bertz CT molecular complexity index is 687. The van der Waals surface area contributed by atoms with Crippen molar-refractivity contribution >= 4 is 17.8 Å². The number of rotatable bonds is 9. The molecule has 1 amide bonds. The van der Waals surface area contributed by atoms with Crippen LogP contribution < -0.4 is 0 Å². The normalized spacial score (nSPS) is 21.0. The van der Waals surface area contributed by atoms with Crippen molar-refractivity contribution in [3.8, 4) is 0 Å². The van der Waals surface area contributed by atoms with Gasteiger partial charge in [0, 0.05) is 13.6 Å². The summed E-state index contributed by atoms with van der Waals surface area (Å²) >= 11 is 0. The molecule has 3 atom stereocenters. The van der Waals surface area contributed by atoms with E-state index in [1.54, 1.807) is 36.2 Å². The second-order valence-corrected chi connectivity index (χ2v) is 7.15. The number of esters is 2. The second kappa shape index (κ2) is 10.6. The predicted octanol–water partition coefficient (Wildman–Crippen LogP) is 3.23. The lowest BCUT2D eigenvalue weighted by Crippen LogP contribution is -2.37. The Hall–Kier alpha value is -2.63. The van der Waals surface area contributed by atoms with Gasteiger partial charge < -0.3 is 14.4 Å². The maximum Gasteiger partial charge on any atom is 0.338 e. The average molecular weight is 387 g/mol. The van der Waals surface area contributed by atoms with Crippen molar-refractivity contribution in [2.75, 3.05) is 20.7 Å². The Morgan fingerprint density at radius 1 is 1.14 bits per heavy atom. The van der Waals surface area contributed by atoms with Gasteiger partial charge in [-0.3, -0.25) is 9.59 Å². The predicted molar refractivity (Wildman–Crippen MR) is 106 cm³/mol. The molecule has 1 aliphatic rings. The number of nitrogens with zero attached hydrogens (tertiary/aromatic N) is 1. The molecule has 1 saturated carbocycles. The number of benzene rings is 1. The Kier molecular flexibility index (Phi) is 8.23. The van der Waals surface area contributed by atoms with E-state index in [0.717, 1.165) is 19.3 Å². The molecule has 0 radical (unpaired) electrons. The number of amides is 1. The number of carbonyl (C=O) groups excluding carboxylic acids is 3. The fourth-order valence-corrected chi connectivity index (χ4v) is 3.60. The van der Waals surface area contributed by atoms with Gasteiger partial charge in [-0.25, -0.2) is 4.79 Å². The van der Waals surface area contributed by atoms with Gasteiger partial charge in [-0.2, -0.15) is 0 Å². The molecule has 0 spiro atoms. The molecule has 1 aromatic rings. The lowest BCUT2D eigenvalue weighted by atomic mass is 9.94. The van der Waals surface area contributed by atoms with Crippen LogP contribution in [0.2, 0.25) is 0 Å². The lowest BCUT2D eigenvalue weighted by molar-refractivity contribution is -0.151. The van der Waals surface area contributed by atoms with Crippen molar-refractivity contribution in [1.82, 2.24) is 4.90 Å². The van der Waals surface area contributed by atoms with Crippen molar-refractivity contribution in [2.24, 2.45) is 11.8 Å². The molecule has 6 nitrogen and oxygen atoms in total. The van der Waals surface area contributed by atoms with Crippen LogP contribution in [0.5, 0.6) is 0 Å². The Labute approximate surface area is 166 Å². The Balaban J connectivity index is 2.01. The topological polar surface area (TPSA) is 72.9 Å². The van der Waals surface area contributed by atoms with Crippen LogP contribution >= 0.6 is 0 Å². The zero-order valence-electron chi connectivity index (χ0n) is 16.6. The van der Waals surface area contributed by atoms with Gasteiger partial charge in [0.05, 0.1) is 24.5 Å². The summed E-state index contributed by atoms with van der Waals surface area (Å²) in [5.41, 5.74) is 0.450. The highest BCUT2D eigenvalue weighted by Gasteiger charge is 2.45. The van der Waals surface area contributed by atoms with Gasteiger partial charge in [0.1, 0.15) is 6.10 Å². The van der Waals surface area contributed by atoms with E-state index in [1.807, 2.05) is 12.1 Å². The summed E-state index contributed by atoms with van der Waals surface area (Å²) in [5.74, 6) is -2.11. The van der Waals surface area contributed by atoms with Gasteiger partial charge in [-0.15, -0.1) is 6.58 Å². The molecule has 1 aromatic carbocycles. The van der Waals surface area contributed by atoms with Crippen LogP contribution in [0.15, 0.2) is 43.0 Å². The van der Waals surface area contributed by atoms with Crippen molar-refractivity contribution in [2.45, 2.75) is 38.2 Å². The van der Waals surface area contributed by atoms with Gasteiger partial charge in [0.15, 0.2) is 0 Å². The standard InChI is InChI=1S/C22H29NO5/c1-4-5-6-10-13-23(2)20(24)18-14-17(15-19(18)22(26)27-3)28-21(25)16-11-8-7-9-12-16/h4,7-9,11-12,17-19H,1,5-6,10,13-15H2,2-3H3/t17-,18-,19?/m1/s1. The number of allylic oxidation sites excluding steroid dienone is 1. The van der Waals surface area contributed by atoms with E-state index in [1.165, 1.54) is 7.11 Å². The Morgan fingerprint density at radius 2 is 1.82 bits per heavy atom. The minimum Gasteiger partial charge on any atom is -0.469 e. The molecule has 0 N–H and O–H groups in total. The first kappa shape index (κ1) is 21.7.